The highest BCUT2D eigenvalue weighted by Gasteiger charge is 2.78. The summed E-state index contributed by atoms with van der Waals surface area (Å²) >= 11 is 1.65. The van der Waals surface area contributed by atoms with Crippen molar-refractivity contribution in [3.8, 4) is 0 Å². The number of hydrogen-bond donors (Lipinski definition) is 1. The molecule has 1 aromatic rings. The van der Waals surface area contributed by atoms with Gasteiger partial charge in [-0.15, -0.1) is 24.9 Å². The van der Waals surface area contributed by atoms with Gasteiger partial charge in [0.2, 0.25) is 17.7 Å². The summed E-state index contributed by atoms with van der Waals surface area (Å²) in [6, 6.07) is 7.85. The van der Waals surface area contributed by atoms with Gasteiger partial charge in [0.1, 0.15) is 6.04 Å². The van der Waals surface area contributed by atoms with E-state index in [4.69, 9.17) is 0 Å². The van der Waals surface area contributed by atoms with Crippen molar-refractivity contribution >= 4 is 29.5 Å². The van der Waals surface area contributed by atoms with Gasteiger partial charge in [0.05, 0.1) is 29.2 Å². The summed E-state index contributed by atoms with van der Waals surface area (Å²) in [4.78, 5) is 48.0. The molecule has 6 atom stereocenters. The van der Waals surface area contributed by atoms with Crippen LogP contribution in [0.15, 0.2) is 55.6 Å². The Hall–Kier alpha value is -2.58. The van der Waals surface area contributed by atoms with Gasteiger partial charge in [-0.1, -0.05) is 42.5 Å². The van der Waals surface area contributed by atoms with E-state index in [1.807, 2.05) is 51.1 Å². The fraction of sp³-hybridized carbons (Fsp3) is 0.567. The summed E-state index contributed by atoms with van der Waals surface area (Å²) in [7, 11) is 1.74. The lowest BCUT2D eigenvalue weighted by molar-refractivity contribution is -0.149. The lowest BCUT2D eigenvalue weighted by Gasteiger charge is -2.43. The Morgan fingerprint density at radius 2 is 1.79 bits per heavy atom. The minimum absolute atomic E-state index is 0.0908. The molecule has 3 aliphatic heterocycles. The Kier molecular flexibility index (Phi) is 7.62. The molecule has 3 saturated heterocycles. The SMILES string of the molecule is C=CCN(C)C(=O)[C@@H]1[C@H]2C(=O)N([C@H](CO)c3ccccc3)C(C(=O)N(CC=C)C(C)(C)C)C23CC[C@@]1(C)S3. The van der Waals surface area contributed by atoms with Crippen LogP contribution in [0.5, 0.6) is 0 Å². The zero-order valence-corrected chi connectivity index (χ0v) is 24.0. The van der Waals surface area contributed by atoms with Gasteiger partial charge in [0.25, 0.3) is 0 Å². The molecule has 3 aliphatic rings. The second-order valence-electron chi connectivity index (χ2n) is 12.0. The van der Waals surface area contributed by atoms with Crippen LogP contribution < -0.4 is 0 Å². The molecule has 38 heavy (non-hydrogen) atoms. The Labute approximate surface area is 230 Å². The van der Waals surface area contributed by atoms with Gasteiger partial charge < -0.3 is 19.8 Å². The van der Waals surface area contributed by atoms with Crippen molar-refractivity contribution in [3.05, 3.63) is 61.2 Å². The molecule has 2 bridgehead atoms. The fourth-order valence-corrected chi connectivity index (χ4v) is 9.21. The van der Waals surface area contributed by atoms with Gasteiger partial charge in [0.15, 0.2) is 0 Å². The molecule has 1 N–H and O–H groups in total. The summed E-state index contributed by atoms with van der Waals surface area (Å²) < 4.78 is -1.21. The van der Waals surface area contributed by atoms with Gasteiger partial charge in [-0.05, 0) is 46.1 Å². The van der Waals surface area contributed by atoms with E-state index in [1.165, 1.54) is 0 Å². The Morgan fingerprint density at radius 3 is 2.34 bits per heavy atom. The highest BCUT2D eigenvalue weighted by atomic mass is 32.2. The van der Waals surface area contributed by atoms with Gasteiger partial charge in [-0.25, -0.2) is 0 Å². The number of likely N-dealkylation sites (N-methyl/N-ethyl adjacent to an activating group) is 1. The van der Waals surface area contributed by atoms with Crippen molar-refractivity contribution < 1.29 is 19.5 Å². The van der Waals surface area contributed by atoms with Crippen molar-refractivity contribution in [1.29, 1.82) is 0 Å². The number of likely N-dealkylation sites (tertiary alicyclic amines) is 1. The molecule has 0 radical (unpaired) electrons. The molecule has 1 aromatic carbocycles. The molecule has 0 aliphatic carbocycles. The predicted octanol–water partition coefficient (Wildman–Crippen LogP) is 3.66. The van der Waals surface area contributed by atoms with Crippen molar-refractivity contribution in [2.75, 3.05) is 26.7 Å². The van der Waals surface area contributed by atoms with Crippen LogP contribution in [-0.4, -0.2) is 85.3 Å². The molecule has 4 rings (SSSR count). The largest absolute Gasteiger partial charge is 0.394 e. The van der Waals surface area contributed by atoms with E-state index in [2.05, 4.69) is 20.1 Å². The minimum atomic E-state index is -0.814. The first-order valence-corrected chi connectivity index (χ1v) is 14.2. The summed E-state index contributed by atoms with van der Waals surface area (Å²) in [5, 5.41) is 10.6. The molecule has 7 nitrogen and oxygen atoms in total. The second-order valence-corrected chi connectivity index (χ2v) is 13.9. The van der Waals surface area contributed by atoms with Crippen molar-refractivity contribution in [1.82, 2.24) is 14.7 Å². The first-order chi connectivity index (χ1) is 17.9. The van der Waals surface area contributed by atoms with E-state index in [9.17, 15) is 19.5 Å². The number of benzene rings is 1. The summed E-state index contributed by atoms with van der Waals surface area (Å²) in [6.07, 6.45) is 4.78. The first kappa shape index (κ1) is 28.4. The Bertz CT molecular complexity index is 1120. The zero-order chi connectivity index (χ0) is 28.0. The molecular formula is C30H41N3O4S. The third-order valence-corrected chi connectivity index (χ3v) is 10.6. The van der Waals surface area contributed by atoms with E-state index in [1.54, 1.807) is 45.7 Å². The lowest BCUT2D eigenvalue weighted by Crippen LogP contribution is -2.59. The van der Waals surface area contributed by atoms with Crippen LogP contribution in [0.25, 0.3) is 0 Å². The maximum Gasteiger partial charge on any atom is 0.247 e. The van der Waals surface area contributed by atoms with E-state index in [0.29, 0.717) is 19.5 Å². The monoisotopic (exact) mass is 539 g/mol. The third-order valence-electron chi connectivity index (χ3n) is 8.57. The third kappa shape index (κ3) is 4.30. The van der Waals surface area contributed by atoms with E-state index < -0.39 is 39.0 Å². The van der Waals surface area contributed by atoms with Crippen LogP contribution in [0.2, 0.25) is 0 Å². The molecule has 3 fully saturated rings. The van der Waals surface area contributed by atoms with Crippen LogP contribution in [0.1, 0.15) is 52.1 Å². The van der Waals surface area contributed by atoms with Crippen LogP contribution in [0.4, 0.5) is 0 Å². The molecule has 0 aromatic heterocycles. The number of carbonyl (C=O) groups is 3. The second kappa shape index (κ2) is 10.2. The average Bonchev–Trinajstić information content (AvgIpc) is 3.43. The molecule has 8 heteroatoms. The van der Waals surface area contributed by atoms with Crippen molar-refractivity contribution in [2.45, 2.75) is 67.7 Å². The highest BCUT2D eigenvalue weighted by Crippen LogP contribution is 2.72. The number of aliphatic hydroxyl groups is 1. The topological polar surface area (TPSA) is 81.2 Å². The normalized spacial score (nSPS) is 30.6. The highest BCUT2D eigenvalue weighted by molar-refractivity contribution is 8.02. The van der Waals surface area contributed by atoms with E-state index >= 15 is 0 Å². The van der Waals surface area contributed by atoms with Crippen LogP contribution >= 0.6 is 11.8 Å². The van der Waals surface area contributed by atoms with E-state index in [0.717, 1.165) is 12.0 Å². The molecule has 1 spiro atoms. The standard InChI is InChI=1S/C30H41N3O4S/c1-8-17-31(7)25(35)22-23-26(36)33(21(19-34)20-13-11-10-12-14-20)24(30(23)16-15-29(22,6)38-30)27(37)32(18-9-2)28(3,4)5/h8-14,21-24,34H,1-2,15-19H2,3-7H3/t21-,22+,23+,24?,29-,30?/m1/s1. The van der Waals surface area contributed by atoms with Crippen LogP contribution in [0.3, 0.4) is 0 Å². The van der Waals surface area contributed by atoms with Crippen molar-refractivity contribution in [2.24, 2.45) is 11.8 Å². The maximum atomic E-state index is 14.6. The lowest BCUT2D eigenvalue weighted by atomic mass is 9.66. The van der Waals surface area contributed by atoms with Crippen molar-refractivity contribution in [3.63, 3.8) is 0 Å². The number of fused-ring (bicyclic) bond motifs is 1. The van der Waals surface area contributed by atoms with Crippen LogP contribution in [-0.2, 0) is 14.4 Å². The van der Waals surface area contributed by atoms with Gasteiger partial charge in [-0.3, -0.25) is 14.4 Å². The van der Waals surface area contributed by atoms with Gasteiger partial charge in [0, 0.05) is 30.4 Å². The van der Waals surface area contributed by atoms with Gasteiger partial charge >= 0.3 is 0 Å². The molecule has 3 amide bonds. The molecule has 2 unspecified atom stereocenters. The fourth-order valence-electron chi connectivity index (χ4n) is 6.88. The number of aliphatic hydroxyl groups excluding tert-OH is 1. The van der Waals surface area contributed by atoms with Crippen LogP contribution in [0, 0.1) is 11.8 Å². The summed E-state index contributed by atoms with van der Waals surface area (Å²) in [6.45, 7) is 16.0. The summed E-state index contributed by atoms with van der Waals surface area (Å²) in [5.41, 5.74) is 0.252. The minimum Gasteiger partial charge on any atom is -0.394 e. The smallest absolute Gasteiger partial charge is 0.247 e. The number of hydrogen-bond acceptors (Lipinski definition) is 5. The first-order valence-electron chi connectivity index (χ1n) is 13.3. The maximum absolute atomic E-state index is 14.6. The Morgan fingerprint density at radius 1 is 1.16 bits per heavy atom. The molecule has 206 valence electrons. The van der Waals surface area contributed by atoms with Gasteiger partial charge in [-0.2, -0.15) is 0 Å². The Balaban J connectivity index is 1.89. The zero-order valence-electron chi connectivity index (χ0n) is 23.2. The van der Waals surface area contributed by atoms with E-state index in [-0.39, 0.29) is 24.3 Å². The number of carbonyl (C=O) groups excluding carboxylic acids is 3. The quantitative estimate of drug-likeness (QED) is 0.485. The number of nitrogens with zero attached hydrogens (tertiary/aromatic N) is 3. The predicted molar refractivity (Wildman–Crippen MR) is 151 cm³/mol. The molecule has 0 saturated carbocycles. The number of amides is 3. The number of thioether (sulfide) groups is 1. The average molecular weight is 540 g/mol. The summed E-state index contributed by atoms with van der Waals surface area (Å²) in [5.74, 6) is -1.68. The number of rotatable bonds is 9. The molecular weight excluding hydrogens is 498 g/mol. The molecule has 3 heterocycles.